The van der Waals surface area contributed by atoms with E-state index < -0.39 is 0 Å². The smallest absolute Gasteiger partial charge is 0.111 e. The first-order valence-electron chi connectivity index (χ1n) is 8.70. The van der Waals surface area contributed by atoms with Gasteiger partial charge in [0.2, 0.25) is 0 Å². The van der Waals surface area contributed by atoms with Crippen LogP contribution in [0.15, 0.2) is 24.5 Å². The van der Waals surface area contributed by atoms with Crippen molar-refractivity contribution in [3.8, 4) is 0 Å². The highest BCUT2D eigenvalue weighted by Crippen LogP contribution is 2.30. The monoisotopic (exact) mass is 278 g/mol. The molecule has 0 heterocycles. The lowest BCUT2D eigenvalue weighted by Gasteiger charge is -2.25. The Labute approximate surface area is 126 Å². The Kier molecular flexibility index (Phi) is 9.53. The van der Waals surface area contributed by atoms with Crippen LogP contribution in [0.3, 0.4) is 0 Å². The Bertz CT molecular complexity index is 271. The predicted octanol–water partition coefficient (Wildman–Crippen LogP) is 6.26. The quantitative estimate of drug-likeness (QED) is 0.260. The summed E-state index contributed by atoms with van der Waals surface area (Å²) in [6, 6.07) is 0. The minimum atomic E-state index is 0.827. The third-order valence-corrected chi connectivity index (χ3v) is 4.44. The molecule has 1 heteroatoms. The van der Waals surface area contributed by atoms with Crippen molar-refractivity contribution in [2.24, 2.45) is 11.8 Å². The van der Waals surface area contributed by atoms with Gasteiger partial charge in [-0.1, -0.05) is 65.0 Å². The number of rotatable bonds is 10. The molecule has 0 aromatic rings. The number of unbranched alkanes of at least 4 members (excludes halogenated alkanes) is 4. The largest absolute Gasteiger partial charge is 0.494 e. The van der Waals surface area contributed by atoms with E-state index in [1.807, 2.05) is 0 Å². The SMILES string of the molecule is C=C(/C=C\CC1CCC(C)CC1)OCCCCCCC. The van der Waals surface area contributed by atoms with Crippen molar-refractivity contribution in [3.63, 3.8) is 0 Å². The first kappa shape index (κ1) is 17.3. The molecule has 0 atom stereocenters. The molecular weight excluding hydrogens is 244 g/mol. The second-order valence-electron chi connectivity index (χ2n) is 6.49. The van der Waals surface area contributed by atoms with Gasteiger partial charge in [-0.15, -0.1) is 0 Å². The Balaban J connectivity index is 1.99. The summed E-state index contributed by atoms with van der Waals surface area (Å²) in [6.07, 6.45) is 17.6. The molecule has 1 fully saturated rings. The fourth-order valence-corrected chi connectivity index (χ4v) is 2.91. The summed E-state index contributed by atoms with van der Waals surface area (Å²) in [5.41, 5.74) is 0. The van der Waals surface area contributed by atoms with Gasteiger partial charge in [0.05, 0.1) is 6.61 Å². The molecule has 0 N–H and O–H groups in total. The lowest BCUT2D eigenvalue weighted by molar-refractivity contribution is 0.218. The third-order valence-electron chi connectivity index (χ3n) is 4.44. The van der Waals surface area contributed by atoms with Gasteiger partial charge < -0.3 is 4.74 Å². The van der Waals surface area contributed by atoms with Crippen LogP contribution >= 0.6 is 0 Å². The number of hydrogen-bond donors (Lipinski definition) is 0. The zero-order chi connectivity index (χ0) is 14.6. The van der Waals surface area contributed by atoms with Crippen LogP contribution in [-0.2, 0) is 4.74 Å². The van der Waals surface area contributed by atoms with Crippen molar-refractivity contribution in [1.29, 1.82) is 0 Å². The van der Waals surface area contributed by atoms with E-state index in [1.54, 1.807) is 0 Å². The van der Waals surface area contributed by atoms with Gasteiger partial charge in [-0.05, 0) is 43.6 Å². The van der Waals surface area contributed by atoms with Gasteiger partial charge in [-0.25, -0.2) is 0 Å². The third kappa shape index (κ3) is 8.45. The first-order chi connectivity index (χ1) is 9.72. The molecule has 1 aliphatic rings. The fraction of sp³-hybridized carbons (Fsp3) is 0.789. The Morgan fingerprint density at radius 1 is 1.10 bits per heavy atom. The maximum atomic E-state index is 5.65. The maximum absolute atomic E-state index is 5.65. The fourth-order valence-electron chi connectivity index (χ4n) is 2.91. The Hall–Kier alpha value is -0.720. The van der Waals surface area contributed by atoms with Crippen LogP contribution in [0.1, 0.15) is 78.1 Å². The molecule has 1 aliphatic carbocycles. The van der Waals surface area contributed by atoms with E-state index in [-0.39, 0.29) is 0 Å². The molecule has 0 unspecified atom stereocenters. The minimum absolute atomic E-state index is 0.827. The molecule has 0 aromatic heterocycles. The standard InChI is InChI=1S/C19H34O/c1-4-5-6-7-8-16-20-18(3)10-9-11-19-14-12-17(2)13-15-19/h9-10,17,19H,3-8,11-16H2,1-2H3/b10-9-. The number of ether oxygens (including phenoxy) is 1. The molecule has 1 rings (SSSR count). The number of hydrogen-bond acceptors (Lipinski definition) is 1. The molecule has 1 saturated carbocycles. The average Bonchev–Trinajstić information content (AvgIpc) is 2.45. The van der Waals surface area contributed by atoms with E-state index in [1.165, 1.54) is 57.8 Å². The molecule has 0 amide bonds. The summed E-state index contributed by atoms with van der Waals surface area (Å²) >= 11 is 0. The van der Waals surface area contributed by atoms with E-state index in [9.17, 15) is 0 Å². The average molecular weight is 278 g/mol. The van der Waals surface area contributed by atoms with Crippen molar-refractivity contribution in [2.45, 2.75) is 78.1 Å². The van der Waals surface area contributed by atoms with Crippen molar-refractivity contribution in [3.05, 3.63) is 24.5 Å². The molecule has 116 valence electrons. The topological polar surface area (TPSA) is 9.23 Å². The molecular formula is C19H34O. The van der Waals surface area contributed by atoms with Crippen molar-refractivity contribution in [2.75, 3.05) is 6.61 Å². The number of allylic oxidation sites excluding steroid dienone is 2. The molecule has 0 radical (unpaired) electrons. The van der Waals surface area contributed by atoms with Crippen LogP contribution in [0.4, 0.5) is 0 Å². The van der Waals surface area contributed by atoms with E-state index in [4.69, 9.17) is 4.74 Å². The highest BCUT2D eigenvalue weighted by atomic mass is 16.5. The van der Waals surface area contributed by atoms with Crippen LogP contribution in [-0.4, -0.2) is 6.61 Å². The Morgan fingerprint density at radius 3 is 2.50 bits per heavy atom. The molecule has 0 spiro atoms. The van der Waals surface area contributed by atoms with Crippen LogP contribution < -0.4 is 0 Å². The summed E-state index contributed by atoms with van der Waals surface area (Å²) in [6.45, 7) is 9.42. The summed E-state index contributed by atoms with van der Waals surface area (Å²) < 4.78 is 5.65. The summed E-state index contributed by atoms with van der Waals surface area (Å²) in [7, 11) is 0. The van der Waals surface area contributed by atoms with Crippen LogP contribution in [0.2, 0.25) is 0 Å². The molecule has 0 bridgehead atoms. The summed E-state index contributed by atoms with van der Waals surface area (Å²) in [5.74, 6) is 2.68. The van der Waals surface area contributed by atoms with E-state index in [0.717, 1.165) is 30.6 Å². The van der Waals surface area contributed by atoms with E-state index in [0.29, 0.717) is 0 Å². The zero-order valence-corrected chi connectivity index (χ0v) is 13.7. The van der Waals surface area contributed by atoms with Crippen molar-refractivity contribution in [1.82, 2.24) is 0 Å². The lowest BCUT2D eigenvalue weighted by atomic mass is 9.81. The van der Waals surface area contributed by atoms with Gasteiger partial charge in [0.1, 0.15) is 5.76 Å². The van der Waals surface area contributed by atoms with Gasteiger partial charge >= 0.3 is 0 Å². The lowest BCUT2D eigenvalue weighted by Crippen LogP contribution is -2.11. The first-order valence-corrected chi connectivity index (χ1v) is 8.70. The van der Waals surface area contributed by atoms with Crippen molar-refractivity contribution < 1.29 is 4.74 Å². The minimum Gasteiger partial charge on any atom is -0.494 e. The summed E-state index contributed by atoms with van der Waals surface area (Å²) in [4.78, 5) is 0. The van der Waals surface area contributed by atoms with Crippen LogP contribution in [0, 0.1) is 11.8 Å². The predicted molar refractivity (Wildman–Crippen MR) is 88.7 cm³/mol. The molecule has 0 saturated heterocycles. The van der Waals surface area contributed by atoms with Crippen LogP contribution in [0.25, 0.3) is 0 Å². The molecule has 1 nitrogen and oxygen atoms in total. The Morgan fingerprint density at radius 2 is 1.80 bits per heavy atom. The normalized spacial score (nSPS) is 23.1. The second-order valence-corrected chi connectivity index (χ2v) is 6.49. The highest BCUT2D eigenvalue weighted by molar-refractivity contribution is 5.07. The van der Waals surface area contributed by atoms with Gasteiger partial charge in [0.25, 0.3) is 0 Å². The highest BCUT2D eigenvalue weighted by Gasteiger charge is 2.16. The van der Waals surface area contributed by atoms with Gasteiger partial charge in [0, 0.05) is 0 Å². The maximum Gasteiger partial charge on any atom is 0.111 e. The zero-order valence-electron chi connectivity index (χ0n) is 13.7. The van der Waals surface area contributed by atoms with E-state index >= 15 is 0 Å². The molecule has 20 heavy (non-hydrogen) atoms. The molecule has 0 aliphatic heterocycles. The van der Waals surface area contributed by atoms with Gasteiger partial charge in [0.15, 0.2) is 0 Å². The van der Waals surface area contributed by atoms with Crippen molar-refractivity contribution >= 4 is 0 Å². The van der Waals surface area contributed by atoms with Gasteiger partial charge in [-0.2, -0.15) is 0 Å². The van der Waals surface area contributed by atoms with E-state index in [2.05, 4.69) is 32.6 Å². The second kappa shape index (κ2) is 11.0. The molecule has 0 aromatic carbocycles. The van der Waals surface area contributed by atoms with Crippen LogP contribution in [0.5, 0.6) is 0 Å². The summed E-state index contributed by atoms with van der Waals surface area (Å²) in [5, 5.41) is 0. The van der Waals surface area contributed by atoms with Gasteiger partial charge in [-0.3, -0.25) is 0 Å².